The fourth-order valence-electron chi connectivity index (χ4n) is 1.65. The number of carbonyl (C=O) groups excluding carboxylic acids is 1. The van der Waals surface area contributed by atoms with Gasteiger partial charge in [0.2, 0.25) is 5.91 Å². The minimum atomic E-state index is -0.989. The average Bonchev–Trinajstić information content (AvgIpc) is 3.07. The van der Waals surface area contributed by atoms with Crippen molar-refractivity contribution in [1.29, 1.82) is 0 Å². The first-order chi connectivity index (χ1) is 7.82. The second-order valence-corrected chi connectivity index (χ2v) is 5.45. The summed E-state index contributed by atoms with van der Waals surface area (Å²) in [5.41, 5.74) is 10.1. The number of ether oxygens (including phenoxy) is 2. The van der Waals surface area contributed by atoms with Crippen molar-refractivity contribution in [2.75, 3.05) is 20.3 Å². The van der Waals surface area contributed by atoms with Crippen LogP contribution >= 0.6 is 0 Å². The average molecular weight is 244 g/mol. The number of methoxy groups -OCH3 is 1. The van der Waals surface area contributed by atoms with Gasteiger partial charge in [0.1, 0.15) is 5.54 Å². The van der Waals surface area contributed by atoms with Gasteiger partial charge in [-0.1, -0.05) is 0 Å². The van der Waals surface area contributed by atoms with E-state index >= 15 is 0 Å². The van der Waals surface area contributed by atoms with E-state index in [1.165, 1.54) is 0 Å². The Kier molecular flexibility index (Phi) is 4.52. The van der Waals surface area contributed by atoms with Crippen molar-refractivity contribution < 1.29 is 14.3 Å². The second kappa shape index (κ2) is 5.33. The van der Waals surface area contributed by atoms with Crippen LogP contribution in [0.2, 0.25) is 0 Å². The fraction of sp³-hybridized carbons (Fsp3) is 0.917. The molecular weight excluding hydrogens is 220 g/mol. The van der Waals surface area contributed by atoms with Crippen LogP contribution in [0.1, 0.15) is 33.1 Å². The third-order valence-corrected chi connectivity index (χ3v) is 3.51. The quantitative estimate of drug-likeness (QED) is 0.605. The van der Waals surface area contributed by atoms with Gasteiger partial charge in [0.05, 0.1) is 12.2 Å². The van der Waals surface area contributed by atoms with Crippen molar-refractivity contribution in [2.24, 2.45) is 17.4 Å². The third-order valence-electron chi connectivity index (χ3n) is 3.51. The molecule has 0 aliphatic heterocycles. The van der Waals surface area contributed by atoms with E-state index in [9.17, 15) is 4.79 Å². The predicted octanol–water partition coefficient (Wildman–Crippen LogP) is 0.411. The number of amides is 1. The summed E-state index contributed by atoms with van der Waals surface area (Å²) < 4.78 is 10.8. The lowest BCUT2D eigenvalue weighted by Gasteiger charge is -2.27. The molecule has 5 heteroatoms. The lowest BCUT2D eigenvalue weighted by molar-refractivity contribution is -0.126. The van der Waals surface area contributed by atoms with Crippen LogP contribution in [0.4, 0.5) is 0 Å². The molecule has 0 saturated heterocycles. The summed E-state index contributed by atoms with van der Waals surface area (Å²) in [5.74, 6) is -0.276. The highest BCUT2D eigenvalue weighted by atomic mass is 16.5. The standard InChI is InChI=1S/C12H24N2O3/c1-11(2,16-3)6-7-17-8-12(14,10(13)15)9-4-5-9/h9H,4-8,14H2,1-3H3,(H2,13,15). The summed E-state index contributed by atoms with van der Waals surface area (Å²) in [6, 6.07) is 0. The molecular formula is C12H24N2O3. The van der Waals surface area contributed by atoms with Gasteiger partial charge >= 0.3 is 0 Å². The van der Waals surface area contributed by atoms with Crippen molar-refractivity contribution in [1.82, 2.24) is 0 Å². The van der Waals surface area contributed by atoms with Crippen LogP contribution in [0.5, 0.6) is 0 Å². The van der Waals surface area contributed by atoms with Gasteiger partial charge in [-0.2, -0.15) is 0 Å². The minimum absolute atomic E-state index is 0.190. The molecule has 0 spiro atoms. The van der Waals surface area contributed by atoms with Crippen LogP contribution in [-0.2, 0) is 14.3 Å². The molecule has 0 bridgehead atoms. The molecule has 4 N–H and O–H groups in total. The van der Waals surface area contributed by atoms with E-state index in [0.717, 1.165) is 19.3 Å². The molecule has 1 fully saturated rings. The van der Waals surface area contributed by atoms with Gasteiger partial charge in [-0.25, -0.2) is 0 Å². The van der Waals surface area contributed by atoms with Crippen molar-refractivity contribution in [2.45, 2.75) is 44.2 Å². The second-order valence-electron chi connectivity index (χ2n) is 5.45. The highest BCUT2D eigenvalue weighted by molar-refractivity contribution is 5.85. The Morgan fingerprint density at radius 2 is 2.00 bits per heavy atom. The molecule has 1 amide bonds. The number of rotatable bonds is 8. The maximum atomic E-state index is 11.3. The molecule has 1 atom stereocenters. The van der Waals surface area contributed by atoms with E-state index < -0.39 is 11.4 Å². The molecule has 0 aromatic rings. The SMILES string of the molecule is COC(C)(C)CCOCC(N)(C(N)=O)C1CC1. The van der Waals surface area contributed by atoms with Crippen LogP contribution in [0.3, 0.4) is 0 Å². The number of carbonyl (C=O) groups is 1. The van der Waals surface area contributed by atoms with Crippen molar-refractivity contribution in [3.8, 4) is 0 Å². The zero-order valence-corrected chi connectivity index (χ0v) is 11.0. The molecule has 1 aliphatic carbocycles. The minimum Gasteiger partial charge on any atom is -0.379 e. The Balaban J connectivity index is 2.31. The van der Waals surface area contributed by atoms with Gasteiger partial charge in [0, 0.05) is 13.7 Å². The first-order valence-corrected chi connectivity index (χ1v) is 6.03. The fourth-order valence-corrected chi connectivity index (χ4v) is 1.65. The largest absolute Gasteiger partial charge is 0.379 e. The molecule has 0 heterocycles. The van der Waals surface area contributed by atoms with Crippen LogP contribution in [-0.4, -0.2) is 37.4 Å². The van der Waals surface area contributed by atoms with E-state index in [1.807, 2.05) is 13.8 Å². The molecule has 1 saturated carbocycles. The van der Waals surface area contributed by atoms with Gasteiger partial charge in [-0.15, -0.1) is 0 Å². The van der Waals surface area contributed by atoms with E-state index in [1.54, 1.807) is 7.11 Å². The molecule has 1 aliphatic rings. The van der Waals surface area contributed by atoms with E-state index in [2.05, 4.69) is 0 Å². The highest BCUT2D eigenvalue weighted by Crippen LogP contribution is 2.38. The first kappa shape index (κ1) is 14.4. The molecule has 0 aromatic carbocycles. The van der Waals surface area contributed by atoms with Gasteiger partial charge in [-0.05, 0) is 39.0 Å². The van der Waals surface area contributed by atoms with Crippen LogP contribution in [0.15, 0.2) is 0 Å². The summed E-state index contributed by atoms with van der Waals surface area (Å²) in [4.78, 5) is 11.3. The Labute approximate surface area is 103 Å². The Hall–Kier alpha value is -0.650. The first-order valence-electron chi connectivity index (χ1n) is 6.03. The van der Waals surface area contributed by atoms with E-state index in [4.69, 9.17) is 20.9 Å². The predicted molar refractivity (Wildman–Crippen MR) is 65.4 cm³/mol. The van der Waals surface area contributed by atoms with Crippen molar-refractivity contribution >= 4 is 5.91 Å². The number of hydrogen-bond acceptors (Lipinski definition) is 4. The Bertz CT molecular complexity index is 277. The topological polar surface area (TPSA) is 87.6 Å². The monoisotopic (exact) mass is 244 g/mol. The zero-order chi connectivity index (χ0) is 13.1. The van der Waals surface area contributed by atoms with Crippen LogP contribution in [0.25, 0.3) is 0 Å². The molecule has 17 heavy (non-hydrogen) atoms. The van der Waals surface area contributed by atoms with Crippen molar-refractivity contribution in [3.63, 3.8) is 0 Å². The summed E-state index contributed by atoms with van der Waals surface area (Å²) >= 11 is 0. The van der Waals surface area contributed by atoms with Gasteiger partial charge in [0.25, 0.3) is 0 Å². The maximum Gasteiger partial charge on any atom is 0.240 e. The number of primary amides is 1. The summed E-state index contributed by atoms with van der Waals surface area (Å²) in [7, 11) is 1.67. The van der Waals surface area contributed by atoms with Gasteiger partial charge in [-0.3, -0.25) is 4.79 Å². The summed E-state index contributed by atoms with van der Waals surface area (Å²) in [6.07, 6.45) is 2.68. The lowest BCUT2D eigenvalue weighted by atomic mass is 9.95. The van der Waals surface area contributed by atoms with Gasteiger partial charge in [0.15, 0.2) is 0 Å². The maximum absolute atomic E-state index is 11.3. The van der Waals surface area contributed by atoms with E-state index in [0.29, 0.717) is 6.61 Å². The van der Waals surface area contributed by atoms with Crippen molar-refractivity contribution in [3.05, 3.63) is 0 Å². The van der Waals surface area contributed by atoms with E-state index in [-0.39, 0.29) is 18.1 Å². The summed E-state index contributed by atoms with van der Waals surface area (Å²) in [5, 5.41) is 0. The molecule has 1 unspecified atom stereocenters. The number of hydrogen-bond donors (Lipinski definition) is 2. The molecule has 5 nitrogen and oxygen atoms in total. The van der Waals surface area contributed by atoms with Gasteiger partial charge < -0.3 is 20.9 Å². The lowest BCUT2D eigenvalue weighted by Crippen LogP contribution is -2.57. The smallest absolute Gasteiger partial charge is 0.240 e. The number of nitrogens with two attached hydrogens (primary N) is 2. The zero-order valence-electron chi connectivity index (χ0n) is 11.0. The molecule has 1 rings (SSSR count). The Morgan fingerprint density at radius 3 is 2.41 bits per heavy atom. The molecule has 0 radical (unpaired) electrons. The third kappa shape index (κ3) is 3.94. The normalized spacial score (nSPS) is 20.0. The Morgan fingerprint density at radius 1 is 1.41 bits per heavy atom. The van der Waals surface area contributed by atoms with Crippen LogP contribution < -0.4 is 11.5 Å². The molecule has 0 aromatic heterocycles. The molecule has 100 valence electrons. The highest BCUT2D eigenvalue weighted by Gasteiger charge is 2.47. The van der Waals surface area contributed by atoms with Crippen LogP contribution in [0, 0.1) is 5.92 Å². The summed E-state index contributed by atoms with van der Waals surface area (Å²) in [6.45, 7) is 4.69.